The fourth-order valence-electron chi connectivity index (χ4n) is 3.70. The van der Waals surface area contributed by atoms with Crippen molar-refractivity contribution >= 4 is 22.8 Å². The van der Waals surface area contributed by atoms with Crippen molar-refractivity contribution < 1.29 is 14.7 Å². The van der Waals surface area contributed by atoms with Crippen LogP contribution in [0.15, 0.2) is 30.5 Å². The molecule has 128 valence electrons. The number of carbonyl (C=O) groups is 2. The first-order valence-electron chi connectivity index (χ1n) is 8.57. The number of aryl methyl sites for hydroxylation is 1. The molecule has 1 N–H and O–H groups in total. The lowest BCUT2D eigenvalue weighted by molar-refractivity contribution is -0.137. The number of nitrogens with zero attached hydrogens (tertiary/aromatic N) is 2. The van der Waals surface area contributed by atoms with Gasteiger partial charge < -0.3 is 14.6 Å². The summed E-state index contributed by atoms with van der Waals surface area (Å²) < 4.78 is 2.06. The number of carboxylic acids is 1. The number of amides is 1. The second-order valence-corrected chi connectivity index (χ2v) is 6.74. The molecular formula is C19H24N2O3. The fraction of sp³-hybridized carbons (Fsp3) is 0.474. The van der Waals surface area contributed by atoms with Gasteiger partial charge in [-0.05, 0) is 36.8 Å². The molecule has 2 aromatic rings. The zero-order valence-corrected chi connectivity index (χ0v) is 14.1. The largest absolute Gasteiger partial charge is 0.481 e. The van der Waals surface area contributed by atoms with Crippen LogP contribution in [0, 0.1) is 5.92 Å². The number of carboxylic acid groups (broad SMARTS) is 1. The topological polar surface area (TPSA) is 62.5 Å². The number of aliphatic carboxylic acids is 1. The van der Waals surface area contributed by atoms with E-state index in [0.717, 1.165) is 35.9 Å². The lowest BCUT2D eigenvalue weighted by atomic mass is 9.93. The molecule has 1 aromatic heterocycles. The van der Waals surface area contributed by atoms with Crippen LogP contribution in [0.4, 0.5) is 0 Å². The van der Waals surface area contributed by atoms with Crippen molar-refractivity contribution in [1.29, 1.82) is 0 Å². The van der Waals surface area contributed by atoms with Gasteiger partial charge in [0.15, 0.2) is 0 Å². The second kappa shape index (κ2) is 7.07. The lowest BCUT2D eigenvalue weighted by Gasteiger charge is -2.32. The second-order valence-electron chi connectivity index (χ2n) is 6.74. The van der Waals surface area contributed by atoms with Crippen LogP contribution in [-0.2, 0) is 23.1 Å². The van der Waals surface area contributed by atoms with E-state index in [0.29, 0.717) is 25.3 Å². The van der Waals surface area contributed by atoms with Crippen molar-refractivity contribution in [2.75, 3.05) is 13.1 Å². The number of fused-ring (bicyclic) bond motifs is 1. The molecule has 1 unspecified atom stereocenters. The summed E-state index contributed by atoms with van der Waals surface area (Å²) in [5.41, 5.74) is 2.20. The Kier molecular flexibility index (Phi) is 4.88. The molecular weight excluding hydrogens is 304 g/mol. The van der Waals surface area contributed by atoms with Crippen LogP contribution in [0.25, 0.3) is 10.9 Å². The van der Waals surface area contributed by atoms with Gasteiger partial charge in [0.05, 0.1) is 6.42 Å². The fourth-order valence-corrected chi connectivity index (χ4v) is 3.70. The Balaban J connectivity index is 1.66. The number of piperidine rings is 1. The maximum atomic E-state index is 12.7. The predicted octanol–water partition coefficient (Wildman–Crippen LogP) is 2.82. The molecule has 1 amide bonds. The molecule has 0 radical (unpaired) electrons. The standard InChI is InChI=1S/C19H24N2O3/c1-20-13-15(16-6-2-3-7-17(16)20)11-18(22)21-10-4-5-14(12-21)8-9-19(23)24/h2-3,6-7,13-14H,4-5,8-12H2,1H3,(H,23,24). The van der Waals surface area contributed by atoms with Crippen molar-refractivity contribution in [3.05, 3.63) is 36.0 Å². The molecule has 2 heterocycles. The molecule has 1 atom stereocenters. The van der Waals surface area contributed by atoms with E-state index < -0.39 is 5.97 Å². The number of aromatic nitrogens is 1. The maximum Gasteiger partial charge on any atom is 0.303 e. The van der Waals surface area contributed by atoms with Gasteiger partial charge in [0.25, 0.3) is 0 Å². The summed E-state index contributed by atoms with van der Waals surface area (Å²) in [4.78, 5) is 25.4. The van der Waals surface area contributed by atoms with Crippen LogP contribution >= 0.6 is 0 Å². The highest BCUT2D eigenvalue weighted by molar-refractivity contribution is 5.89. The van der Waals surface area contributed by atoms with E-state index in [9.17, 15) is 9.59 Å². The van der Waals surface area contributed by atoms with Crippen LogP contribution in [0.2, 0.25) is 0 Å². The SMILES string of the molecule is Cn1cc(CC(=O)N2CCCC(CCC(=O)O)C2)c2ccccc21. The minimum Gasteiger partial charge on any atom is -0.481 e. The van der Waals surface area contributed by atoms with E-state index in [4.69, 9.17) is 5.11 Å². The zero-order valence-electron chi connectivity index (χ0n) is 14.1. The van der Waals surface area contributed by atoms with Crippen molar-refractivity contribution in [3.63, 3.8) is 0 Å². The van der Waals surface area contributed by atoms with Gasteiger partial charge >= 0.3 is 5.97 Å². The Labute approximate surface area is 141 Å². The molecule has 1 fully saturated rings. The number of benzene rings is 1. The highest BCUT2D eigenvalue weighted by Gasteiger charge is 2.24. The van der Waals surface area contributed by atoms with Crippen LogP contribution in [0.3, 0.4) is 0 Å². The normalized spacial score (nSPS) is 18.0. The van der Waals surface area contributed by atoms with E-state index in [-0.39, 0.29) is 12.3 Å². The van der Waals surface area contributed by atoms with Crippen molar-refractivity contribution in [3.8, 4) is 0 Å². The Hall–Kier alpha value is -2.30. The molecule has 24 heavy (non-hydrogen) atoms. The summed E-state index contributed by atoms with van der Waals surface area (Å²) in [5.74, 6) is -0.299. The van der Waals surface area contributed by atoms with Crippen LogP contribution in [0.1, 0.15) is 31.2 Å². The highest BCUT2D eigenvalue weighted by Crippen LogP contribution is 2.24. The third-order valence-electron chi connectivity index (χ3n) is 4.96. The molecule has 1 aliphatic rings. The van der Waals surface area contributed by atoms with Crippen LogP contribution in [-0.4, -0.2) is 39.5 Å². The Morgan fingerprint density at radius 1 is 1.29 bits per heavy atom. The van der Waals surface area contributed by atoms with Gasteiger partial charge in [-0.25, -0.2) is 0 Å². The summed E-state index contributed by atoms with van der Waals surface area (Å²) in [5, 5.41) is 9.97. The van der Waals surface area contributed by atoms with E-state index in [2.05, 4.69) is 16.7 Å². The molecule has 0 saturated carbocycles. The summed E-state index contributed by atoms with van der Waals surface area (Å²) >= 11 is 0. The minimum atomic E-state index is -0.755. The molecule has 1 aromatic carbocycles. The highest BCUT2D eigenvalue weighted by atomic mass is 16.4. The number of rotatable bonds is 5. The molecule has 5 heteroatoms. The maximum absolute atomic E-state index is 12.7. The summed E-state index contributed by atoms with van der Waals surface area (Å²) in [6, 6.07) is 8.13. The van der Waals surface area contributed by atoms with Crippen LogP contribution in [0.5, 0.6) is 0 Å². The number of para-hydroxylation sites is 1. The Morgan fingerprint density at radius 3 is 2.88 bits per heavy atom. The van der Waals surface area contributed by atoms with Crippen molar-refractivity contribution in [1.82, 2.24) is 9.47 Å². The minimum absolute atomic E-state index is 0.145. The molecule has 1 aliphatic heterocycles. The van der Waals surface area contributed by atoms with Crippen LogP contribution < -0.4 is 0 Å². The first-order valence-corrected chi connectivity index (χ1v) is 8.57. The van der Waals surface area contributed by atoms with Gasteiger partial charge in [-0.1, -0.05) is 18.2 Å². The van der Waals surface area contributed by atoms with E-state index >= 15 is 0 Å². The average molecular weight is 328 g/mol. The van der Waals surface area contributed by atoms with Gasteiger partial charge in [0.1, 0.15) is 0 Å². The van der Waals surface area contributed by atoms with Crippen molar-refractivity contribution in [2.45, 2.75) is 32.1 Å². The molecule has 0 bridgehead atoms. The summed E-state index contributed by atoms with van der Waals surface area (Å²) in [6.45, 7) is 1.48. The van der Waals surface area contributed by atoms with Gasteiger partial charge in [0.2, 0.25) is 5.91 Å². The van der Waals surface area contributed by atoms with Crippen molar-refractivity contribution in [2.24, 2.45) is 13.0 Å². The smallest absolute Gasteiger partial charge is 0.303 e. The Bertz CT molecular complexity index is 750. The number of hydrogen-bond donors (Lipinski definition) is 1. The molecule has 5 nitrogen and oxygen atoms in total. The zero-order chi connectivity index (χ0) is 17.1. The van der Waals surface area contributed by atoms with Gasteiger partial charge in [-0.15, -0.1) is 0 Å². The Morgan fingerprint density at radius 2 is 2.08 bits per heavy atom. The number of carbonyl (C=O) groups excluding carboxylic acids is 1. The van der Waals surface area contributed by atoms with Gasteiger partial charge in [-0.2, -0.15) is 0 Å². The predicted molar refractivity (Wildman–Crippen MR) is 92.8 cm³/mol. The third kappa shape index (κ3) is 3.61. The molecule has 3 rings (SSSR count). The monoisotopic (exact) mass is 328 g/mol. The molecule has 0 aliphatic carbocycles. The van der Waals surface area contributed by atoms with Gasteiger partial charge in [0, 0.05) is 43.7 Å². The third-order valence-corrected chi connectivity index (χ3v) is 4.96. The van der Waals surface area contributed by atoms with Gasteiger partial charge in [-0.3, -0.25) is 9.59 Å². The summed E-state index contributed by atoms with van der Waals surface area (Å²) in [6.07, 6.45) is 5.28. The lowest BCUT2D eigenvalue weighted by Crippen LogP contribution is -2.40. The molecule has 0 spiro atoms. The molecule has 1 saturated heterocycles. The number of likely N-dealkylation sites (tertiary alicyclic amines) is 1. The average Bonchev–Trinajstić information content (AvgIpc) is 2.90. The first kappa shape index (κ1) is 16.6. The van der Waals surface area contributed by atoms with E-state index in [1.54, 1.807) is 0 Å². The first-order chi connectivity index (χ1) is 11.5. The van der Waals surface area contributed by atoms with E-state index in [1.807, 2.05) is 30.3 Å². The number of hydrogen-bond acceptors (Lipinski definition) is 2. The summed E-state index contributed by atoms with van der Waals surface area (Å²) in [7, 11) is 2.00. The van der Waals surface area contributed by atoms with E-state index in [1.165, 1.54) is 0 Å². The quantitative estimate of drug-likeness (QED) is 0.918.